The highest BCUT2D eigenvalue weighted by Crippen LogP contribution is 2.19. The molecule has 1 aromatic heterocycles. The van der Waals surface area contributed by atoms with Crippen LogP contribution in [-0.2, 0) is 11.2 Å². The van der Waals surface area contributed by atoms with Crippen LogP contribution in [0, 0.1) is 0 Å². The number of nitrogens with zero attached hydrogens (tertiary/aromatic N) is 4. The first-order valence-electron chi connectivity index (χ1n) is 8.17. The van der Waals surface area contributed by atoms with Gasteiger partial charge in [-0.2, -0.15) is 0 Å². The molecule has 1 heterocycles. The van der Waals surface area contributed by atoms with Crippen LogP contribution in [-0.4, -0.2) is 31.3 Å². The Kier molecular flexibility index (Phi) is 8.62. The maximum atomic E-state index is 11.0. The number of carbonyl (C=O) groups is 1. The second-order valence-electron chi connectivity index (χ2n) is 5.60. The Bertz CT molecular complexity index is 406. The lowest BCUT2D eigenvalue weighted by molar-refractivity contribution is -0.138. The van der Waals surface area contributed by atoms with Crippen molar-refractivity contribution in [2.24, 2.45) is 0 Å². The molecule has 0 bridgehead atoms. The van der Waals surface area contributed by atoms with E-state index in [1.807, 2.05) is 6.92 Å². The predicted molar refractivity (Wildman–Crippen MR) is 81.1 cm³/mol. The summed E-state index contributed by atoms with van der Waals surface area (Å²) in [5.41, 5.74) is 0. The summed E-state index contributed by atoms with van der Waals surface area (Å²) in [5.74, 6) is 0.0275. The van der Waals surface area contributed by atoms with Crippen molar-refractivity contribution in [3.05, 3.63) is 5.82 Å². The second kappa shape index (κ2) is 10.3. The average Bonchev–Trinajstić information content (AvgIpc) is 2.90. The minimum absolute atomic E-state index is 0.0857. The van der Waals surface area contributed by atoms with Crippen LogP contribution in [0.1, 0.15) is 83.5 Å². The van der Waals surface area contributed by atoms with Crippen LogP contribution in [0.5, 0.6) is 0 Å². The summed E-state index contributed by atoms with van der Waals surface area (Å²) in [6, 6.07) is -0.127. The average molecular weight is 296 g/mol. The Hall–Kier alpha value is -1.46. The van der Waals surface area contributed by atoms with Crippen molar-refractivity contribution in [1.29, 1.82) is 0 Å². The first-order chi connectivity index (χ1) is 10.2. The van der Waals surface area contributed by atoms with Crippen molar-refractivity contribution in [1.82, 2.24) is 20.2 Å². The van der Waals surface area contributed by atoms with Gasteiger partial charge >= 0.3 is 5.97 Å². The SMILES string of the molecule is CCCCCCCCc1nnnn1C(CCC)CC(=O)O. The van der Waals surface area contributed by atoms with Gasteiger partial charge in [0.05, 0.1) is 12.5 Å². The monoisotopic (exact) mass is 296 g/mol. The molecule has 0 spiro atoms. The van der Waals surface area contributed by atoms with E-state index in [1.165, 1.54) is 32.1 Å². The molecule has 0 radical (unpaired) electrons. The standard InChI is InChI=1S/C15H28N4O2/c1-3-5-6-7-8-9-11-14-16-17-18-19(14)13(10-4-2)12-15(20)21/h13H,3-12H2,1-2H3,(H,20,21). The normalized spacial score (nSPS) is 12.5. The Morgan fingerprint density at radius 2 is 1.86 bits per heavy atom. The fourth-order valence-electron chi connectivity index (χ4n) is 2.57. The first kappa shape index (κ1) is 17.6. The van der Waals surface area contributed by atoms with Crippen LogP contribution < -0.4 is 0 Å². The summed E-state index contributed by atoms with van der Waals surface area (Å²) in [7, 11) is 0. The molecule has 0 fully saturated rings. The lowest BCUT2D eigenvalue weighted by atomic mass is 10.1. The van der Waals surface area contributed by atoms with Gasteiger partial charge in [0.2, 0.25) is 0 Å². The molecule has 21 heavy (non-hydrogen) atoms. The van der Waals surface area contributed by atoms with Crippen molar-refractivity contribution >= 4 is 5.97 Å². The Morgan fingerprint density at radius 1 is 1.14 bits per heavy atom. The number of hydrogen-bond acceptors (Lipinski definition) is 4. The van der Waals surface area contributed by atoms with Gasteiger partial charge in [-0.15, -0.1) is 5.10 Å². The molecule has 1 aromatic rings. The van der Waals surface area contributed by atoms with Crippen LogP contribution in [0.2, 0.25) is 0 Å². The molecule has 1 unspecified atom stereocenters. The van der Waals surface area contributed by atoms with E-state index >= 15 is 0 Å². The number of carboxylic acids is 1. The highest BCUT2D eigenvalue weighted by Gasteiger charge is 2.19. The third kappa shape index (κ3) is 6.69. The fraction of sp³-hybridized carbons (Fsp3) is 0.867. The summed E-state index contributed by atoms with van der Waals surface area (Å²) < 4.78 is 1.73. The molecule has 0 aliphatic carbocycles. The quantitative estimate of drug-likeness (QED) is 0.598. The molecule has 1 atom stereocenters. The highest BCUT2D eigenvalue weighted by molar-refractivity contribution is 5.67. The van der Waals surface area contributed by atoms with E-state index in [4.69, 9.17) is 5.11 Å². The second-order valence-corrected chi connectivity index (χ2v) is 5.60. The molecule has 120 valence electrons. The summed E-state index contributed by atoms with van der Waals surface area (Å²) >= 11 is 0. The first-order valence-corrected chi connectivity index (χ1v) is 8.17. The van der Waals surface area contributed by atoms with Crippen LogP contribution in [0.4, 0.5) is 0 Å². The molecule has 6 nitrogen and oxygen atoms in total. The van der Waals surface area contributed by atoms with E-state index in [0.29, 0.717) is 0 Å². The molecule has 0 aromatic carbocycles. The molecule has 0 saturated carbocycles. The van der Waals surface area contributed by atoms with Gasteiger partial charge in [-0.25, -0.2) is 4.68 Å². The number of unbranched alkanes of at least 4 members (excludes halogenated alkanes) is 5. The largest absolute Gasteiger partial charge is 0.481 e. The van der Waals surface area contributed by atoms with E-state index in [9.17, 15) is 4.79 Å². The van der Waals surface area contributed by atoms with Crippen LogP contribution in [0.25, 0.3) is 0 Å². The molecule has 0 saturated heterocycles. The van der Waals surface area contributed by atoms with Crippen molar-refractivity contribution in [2.45, 2.75) is 84.1 Å². The van der Waals surface area contributed by atoms with Crippen LogP contribution in [0.15, 0.2) is 0 Å². The summed E-state index contributed by atoms with van der Waals surface area (Å²) in [4.78, 5) is 11.0. The van der Waals surface area contributed by atoms with E-state index in [-0.39, 0.29) is 12.5 Å². The predicted octanol–water partition coefficient (Wildman–Crippen LogP) is 3.39. The minimum Gasteiger partial charge on any atom is -0.481 e. The summed E-state index contributed by atoms with van der Waals surface area (Å²) in [5, 5.41) is 20.8. The number of tetrazole rings is 1. The van der Waals surface area contributed by atoms with Crippen molar-refractivity contribution in [2.75, 3.05) is 0 Å². The van der Waals surface area contributed by atoms with E-state index in [2.05, 4.69) is 22.4 Å². The maximum Gasteiger partial charge on any atom is 0.305 e. The molecule has 1 N–H and O–H groups in total. The van der Waals surface area contributed by atoms with Gasteiger partial charge in [0.15, 0.2) is 5.82 Å². The van der Waals surface area contributed by atoms with Crippen LogP contribution >= 0.6 is 0 Å². The lowest BCUT2D eigenvalue weighted by Gasteiger charge is -2.15. The Morgan fingerprint density at radius 3 is 2.52 bits per heavy atom. The summed E-state index contributed by atoms with van der Waals surface area (Å²) in [6.45, 7) is 4.26. The molecule has 0 amide bonds. The molecule has 0 aliphatic rings. The zero-order chi connectivity index (χ0) is 15.5. The maximum absolute atomic E-state index is 11.0. The van der Waals surface area contributed by atoms with Gasteiger partial charge in [0.1, 0.15) is 0 Å². The third-order valence-electron chi connectivity index (χ3n) is 3.69. The van der Waals surface area contributed by atoms with E-state index in [1.54, 1.807) is 4.68 Å². The number of rotatable bonds is 12. The molecule has 6 heteroatoms. The van der Waals surface area contributed by atoms with Gasteiger partial charge in [-0.05, 0) is 23.3 Å². The molecular formula is C15H28N4O2. The van der Waals surface area contributed by atoms with Gasteiger partial charge in [-0.3, -0.25) is 4.79 Å². The number of aryl methyl sites for hydroxylation is 1. The number of carboxylic acid groups (broad SMARTS) is 1. The molecular weight excluding hydrogens is 268 g/mol. The topological polar surface area (TPSA) is 80.9 Å². The number of aromatic nitrogens is 4. The van der Waals surface area contributed by atoms with Crippen LogP contribution in [0.3, 0.4) is 0 Å². The molecule has 1 rings (SSSR count). The van der Waals surface area contributed by atoms with Gasteiger partial charge in [0.25, 0.3) is 0 Å². The van der Waals surface area contributed by atoms with Crippen molar-refractivity contribution in [3.8, 4) is 0 Å². The number of aliphatic carboxylic acids is 1. The van der Waals surface area contributed by atoms with Crippen molar-refractivity contribution in [3.63, 3.8) is 0 Å². The van der Waals surface area contributed by atoms with Crippen molar-refractivity contribution < 1.29 is 9.90 Å². The minimum atomic E-state index is -0.797. The smallest absolute Gasteiger partial charge is 0.305 e. The van der Waals surface area contributed by atoms with Gasteiger partial charge in [0, 0.05) is 6.42 Å². The fourth-order valence-corrected chi connectivity index (χ4v) is 2.57. The number of hydrogen-bond donors (Lipinski definition) is 1. The lowest BCUT2D eigenvalue weighted by Crippen LogP contribution is -2.17. The zero-order valence-corrected chi connectivity index (χ0v) is 13.3. The van der Waals surface area contributed by atoms with E-state index < -0.39 is 5.97 Å². The zero-order valence-electron chi connectivity index (χ0n) is 13.3. The Balaban J connectivity index is 2.48. The van der Waals surface area contributed by atoms with E-state index in [0.717, 1.165) is 31.5 Å². The Labute approximate surface area is 126 Å². The third-order valence-corrected chi connectivity index (χ3v) is 3.69. The molecule has 0 aliphatic heterocycles. The highest BCUT2D eigenvalue weighted by atomic mass is 16.4. The van der Waals surface area contributed by atoms with Gasteiger partial charge < -0.3 is 5.11 Å². The van der Waals surface area contributed by atoms with Gasteiger partial charge in [-0.1, -0.05) is 52.4 Å². The summed E-state index contributed by atoms with van der Waals surface area (Å²) in [6.07, 6.45) is 9.99.